The zero-order chi connectivity index (χ0) is 12.3. The van der Waals surface area contributed by atoms with Gasteiger partial charge in [-0.05, 0) is 31.1 Å². The van der Waals surface area contributed by atoms with Crippen LogP contribution in [0.2, 0.25) is 0 Å². The van der Waals surface area contributed by atoms with E-state index in [9.17, 15) is 0 Å². The summed E-state index contributed by atoms with van der Waals surface area (Å²) in [4.78, 5) is 0. The van der Waals surface area contributed by atoms with E-state index in [-0.39, 0.29) is 0 Å². The summed E-state index contributed by atoms with van der Waals surface area (Å²) in [6.07, 6.45) is 16.5. The van der Waals surface area contributed by atoms with Gasteiger partial charge in [-0.15, -0.1) is 6.58 Å². The topological polar surface area (TPSA) is 0 Å². The summed E-state index contributed by atoms with van der Waals surface area (Å²) < 4.78 is 0. The first kappa shape index (κ1) is 15.7. The van der Waals surface area contributed by atoms with E-state index in [1.54, 1.807) is 0 Å². The molecule has 0 rings (SSSR count). The van der Waals surface area contributed by atoms with Gasteiger partial charge in [-0.3, -0.25) is 0 Å². The van der Waals surface area contributed by atoms with E-state index in [1.807, 2.05) is 6.08 Å². The van der Waals surface area contributed by atoms with Crippen molar-refractivity contribution < 1.29 is 0 Å². The van der Waals surface area contributed by atoms with Crippen molar-refractivity contribution in [2.24, 2.45) is 5.41 Å². The van der Waals surface area contributed by atoms with Crippen LogP contribution in [0.5, 0.6) is 0 Å². The minimum atomic E-state index is 0.462. The van der Waals surface area contributed by atoms with Crippen LogP contribution >= 0.6 is 0 Å². The van der Waals surface area contributed by atoms with Gasteiger partial charge in [0.15, 0.2) is 0 Å². The van der Waals surface area contributed by atoms with E-state index in [0.29, 0.717) is 5.41 Å². The highest BCUT2D eigenvalue weighted by atomic mass is 14.3. The highest BCUT2D eigenvalue weighted by molar-refractivity contribution is 5.02. The zero-order valence-corrected chi connectivity index (χ0v) is 11.7. The quantitative estimate of drug-likeness (QED) is 0.407. The van der Waals surface area contributed by atoms with E-state index in [1.165, 1.54) is 57.8 Å². The standard InChI is InChI=1S/C16H31/c1-5-9-13-16(12-8-4,14-10-6-2)15-11-7-3/h8,12H,4-7,9-11,13-15H2,1-3H3. The van der Waals surface area contributed by atoms with Crippen LogP contribution in [0.15, 0.2) is 12.7 Å². The lowest BCUT2D eigenvalue weighted by Gasteiger charge is -2.33. The van der Waals surface area contributed by atoms with Gasteiger partial charge in [0.25, 0.3) is 0 Å². The number of hydrogen-bond donors (Lipinski definition) is 0. The molecule has 1 radical (unpaired) electrons. The fourth-order valence-electron chi connectivity index (χ4n) is 2.46. The molecule has 0 saturated carbocycles. The van der Waals surface area contributed by atoms with Crippen LogP contribution < -0.4 is 0 Å². The number of hydrogen-bond acceptors (Lipinski definition) is 0. The summed E-state index contributed by atoms with van der Waals surface area (Å²) >= 11 is 0. The molecule has 0 heterocycles. The molecule has 0 N–H and O–H groups in total. The van der Waals surface area contributed by atoms with Crippen molar-refractivity contribution in [3.05, 3.63) is 19.1 Å². The molecule has 0 aliphatic rings. The molecule has 0 aliphatic heterocycles. The molecule has 16 heavy (non-hydrogen) atoms. The van der Waals surface area contributed by atoms with Crippen LogP contribution in [0, 0.1) is 11.8 Å². The van der Waals surface area contributed by atoms with E-state index < -0.39 is 0 Å². The first-order chi connectivity index (χ1) is 7.74. The van der Waals surface area contributed by atoms with Crippen LogP contribution in [0.4, 0.5) is 0 Å². The molecular formula is C16H31. The van der Waals surface area contributed by atoms with Gasteiger partial charge < -0.3 is 0 Å². The maximum absolute atomic E-state index is 3.91. The van der Waals surface area contributed by atoms with Crippen LogP contribution in [-0.4, -0.2) is 0 Å². The lowest BCUT2D eigenvalue weighted by molar-refractivity contribution is 0.254. The van der Waals surface area contributed by atoms with E-state index in [0.717, 1.165) is 0 Å². The van der Waals surface area contributed by atoms with Gasteiger partial charge in [-0.25, -0.2) is 0 Å². The molecule has 0 nitrogen and oxygen atoms in total. The Balaban J connectivity index is 4.37. The first-order valence-electron chi connectivity index (χ1n) is 7.21. The number of unbranched alkanes of at least 4 members (excludes halogenated alkanes) is 3. The SMILES string of the molecule is C=C[CH]C(CCCC)(CCCC)CCCC. The summed E-state index contributed by atoms with van der Waals surface area (Å²) in [6, 6.07) is 0. The largest absolute Gasteiger partial charge is 0.103 e. The Morgan fingerprint density at radius 2 is 1.19 bits per heavy atom. The molecule has 0 fully saturated rings. The average molecular weight is 223 g/mol. The highest BCUT2D eigenvalue weighted by Gasteiger charge is 2.26. The van der Waals surface area contributed by atoms with Gasteiger partial charge >= 0.3 is 0 Å². The molecule has 0 aromatic rings. The molecule has 0 aromatic carbocycles. The molecule has 0 heteroatoms. The van der Waals surface area contributed by atoms with Crippen LogP contribution in [0.3, 0.4) is 0 Å². The lowest BCUT2D eigenvalue weighted by atomic mass is 9.72. The first-order valence-corrected chi connectivity index (χ1v) is 7.21. The second kappa shape index (κ2) is 9.93. The Labute approximate surface area is 104 Å². The van der Waals surface area contributed by atoms with Gasteiger partial charge in [0.1, 0.15) is 0 Å². The Hall–Kier alpha value is -0.260. The molecule has 0 aromatic heterocycles. The second-order valence-corrected chi connectivity index (χ2v) is 5.08. The summed E-state index contributed by atoms with van der Waals surface area (Å²) in [5.74, 6) is 0. The third-order valence-corrected chi connectivity index (χ3v) is 3.56. The molecule has 0 saturated heterocycles. The van der Waals surface area contributed by atoms with Crippen molar-refractivity contribution in [2.75, 3.05) is 0 Å². The monoisotopic (exact) mass is 223 g/mol. The smallest absolute Gasteiger partial charge is 0.0111 e. The predicted molar refractivity (Wildman–Crippen MR) is 75.5 cm³/mol. The van der Waals surface area contributed by atoms with Crippen molar-refractivity contribution >= 4 is 0 Å². The Bertz CT molecular complexity index is 136. The normalized spacial score (nSPS) is 11.7. The summed E-state index contributed by atoms with van der Waals surface area (Å²) in [6.45, 7) is 10.8. The summed E-state index contributed by atoms with van der Waals surface area (Å²) in [5.41, 5.74) is 0.462. The molecule has 0 bridgehead atoms. The van der Waals surface area contributed by atoms with Gasteiger partial charge in [0, 0.05) is 0 Å². The van der Waals surface area contributed by atoms with E-state index >= 15 is 0 Å². The van der Waals surface area contributed by atoms with Crippen molar-refractivity contribution in [2.45, 2.75) is 78.6 Å². The molecule has 0 amide bonds. The molecular weight excluding hydrogens is 192 g/mol. The second-order valence-electron chi connectivity index (χ2n) is 5.08. The highest BCUT2D eigenvalue weighted by Crippen LogP contribution is 2.39. The molecule has 0 atom stereocenters. The van der Waals surface area contributed by atoms with Crippen molar-refractivity contribution in [3.63, 3.8) is 0 Å². The van der Waals surface area contributed by atoms with Gasteiger partial charge in [-0.1, -0.05) is 65.4 Å². The lowest BCUT2D eigenvalue weighted by Crippen LogP contribution is -2.21. The number of allylic oxidation sites excluding steroid dienone is 1. The Morgan fingerprint density at radius 1 is 0.812 bits per heavy atom. The minimum Gasteiger partial charge on any atom is -0.103 e. The molecule has 95 valence electrons. The zero-order valence-electron chi connectivity index (χ0n) is 11.7. The average Bonchev–Trinajstić information content (AvgIpc) is 2.31. The minimum absolute atomic E-state index is 0.462. The van der Waals surface area contributed by atoms with Crippen LogP contribution in [0.1, 0.15) is 78.6 Å². The van der Waals surface area contributed by atoms with Crippen LogP contribution in [-0.2, 0) is 0 Å². The van der Waals surface area contributed by atoms with Crippen molar-refractivity contribution in [1.82, 2.24) is 0 Å². The van der Waals surface area contributed by atoms with E-state index in [4.69, 9.17) is 0 Å². The Morgan fingerprint density at radius 3 is 1.44 bits per heavy atom. The van der Waals surface area contributed by atoms with E-state index in [2.05, 4.69) is 33.8 Å². The van der Waals surface area contributed by atoms with Crippen molar-refractivity contribution in [1.29, 1.82) is 0 Å². The molecule has 0 unspecified atom stereocenters. The third kappa shape index (κ3) is 6.35. The third-order valence-electron chi connectivity index (χ3n) is 3.56. The number of rotatable bonds is 11. The van der Waals surface area contributed by atoms with Gasteiger partial charge in [-0.2, -0.15) is 0 Å². The predicted octanol–water partition coefficient (Wildman–Crippen LogP) is 5.93. The fourth-order valence-corrected chi connectivity index (χ4v) is 2.46. The summed E-state index contributed by atoms with van der Waals surface area (Å²) in [5, 5.41) is 0. The maximum atomic E-state index is 3.91. The van der Waals surface area contributed by atoms with Gasteiger partial charge in [0.2, 0.25) is 0 Å². The Kier molecular flexibility index (Phi) is 9.77. The molecule has 0 spiro atoms. The van der Waals surface area contributed by atoms with Crippen molar-refractivity contribution in [3.8, 4) is 0 Å². The molecule has 0 aliphatic carbocycles. The summed E-state index contributed by atoms with van der Waals surface area (Å²) in [7, 11) is 0. The van der Waals surface area contributed by atoms with Crippen LogP contribution in [0.25, 0.3) is 0 Å². The maximum Gasteiger partial charge on any atom is -0.0111 e. The van der Waals surface area contributed by atoms with Gasteiger partial charge in [0.05, 0.1) is 0 Å². The fraction of sp³-hybridized carbons (Fsp3) is 0.812.